The lowest BCUT2D eigenvalue weighted by Gasteiger charge is -2.35. The first-order valence-electron chi connectivity index (χ1n) is 12.5. The third kappa shape index (κ3) is 5.30. The Balaban J connectivity index is 1.25. The van der Waals surface area contributed by atoms with E-state index in [9.17, 15) is 4.79 Å². The predicted octanol–water partition coefficient (Wildman–Crippen LogP) is 2.57. The molecule has 3 aliphatic heterocycles. The van der Waals surface area contributed by atoms with Crippen LogP contribution in [0, 0.1) is 0 Å². The highest BCUT2D eigenvalue weighted by Gasteiger charge is 2.35. The van der Waals surface area contributed by atoms with Gasteiger partial charge in [0.1, 0.15) is 6.33 Å². The van der Waals surface area contributed by atoms with Crippen molar-refractivity contribution in [3.63, 3.8) is 0 Å². The summed E-state index contributed by atoms with van der Waals surface area (Å²) in [7, 11) is 0. The zero-order valence-electron chi connectivity index (χ0n) is 20.6. The number of urea groups is 1. The van der Waals surface area contributed by atoms with E-state index in [0.717, 1.165) is 38.0 Å². The van der Waals surface area contributed by atoms with Gasteiger partial charge in [-0.15, -0.1) is 0 Å². The molecule has 12 heteroatoms. The topological polar surface area (TPSA) is 131 Å². The largest absolute Gasteiger partial charge is 0.377 e. The van der Waals surface area contributed by atoms with Crippen molar-refractivity contribution in [3.05, 3.63) is 43.0 Å². The Morgan fingerprint density at radius 1 is 0.946 bits per heavy atom. The maximum atomic E-state index is 12.3. The van der Waals surface area contributed by atoms with Crippen molar-refractivity contribution in [2.75, 3.05) is 53.3 Å². The van der Waals surface area contributed by atoms with E-state index in [1.165, 1.54) is 18.7 Å². The number of benzene rings is 1. The molecule has 2 amide bonds. The summed E-state index contributed by atoms with van der Waals surface area (Å²) < 4.78 is 11.7. The smallest absolute Gasteiger partial charge is 0.323 e. The van der Waals surface area contributed by atoms with Gasteiger partial charge in [0.25, 0.3) is 0 Å². The lowest BCUT2D eigenvalue weighted by atomic mass is 10.2. The number of morpholine rings is 2. The van der Waals surface area contributed by atoms with Gasteiger partial charge in [0, 0.05) is 30.9 Å². The molecule has 12 nitrogen and oxygen atoms in total. The summed E-state index contributed by atoms with van der Waals surface area (Å²) in [5, 5.41) is 5.52. The number of amides is 2. The van der Waals surface area contributed by atoms with Crippen LogP contribution in [0.4, 0.5) is 28.1 Å². The van der Waals surface area contributed by atoms with Gasteiger partial charge in [-0.2, -0.15) is 15.0 Å². The van der Waals surface area contributed by atoms with E-state index in [1.54, 1.807) is 0 Å². The molecule has 3 aliphatic rings. The molecule has 192 valence electrons. The van der Waals surface area contributed by atoms with Crippen LogP contribution in [0.2, 0.25) is 0 Å². The number of ether oxygens (including phenoxy) is 2. The number of carbonyl (C=O) groups excluding carboxylic acids is 1. The number of fused-ring (bicyclic) bond motifs is 2. The van der Waals surface area contributed by atoms with Crippen LogP contribution in [0.5, 0.6) is 0 Å². The highest BCUT2D eigenvalue weighted by molar-refractivity contribution is 5.99. The number of nitrogens with zero attached hydrogens (tertiary/aromatic N) is 7. The normalized spacial score (nSPS) is 23.1. The maximum absolute atomic E-state index is 12.3. The van der Waals surface area contributed by atoms with Crippen LogP contribution in [-0.4, -0.2) is 82.0 Å². The number of hydrogen-bond acceptors (Lipinski definition) is 10. The highest BCUT2D eigenvalue weighted by atomic mass is 16.5. The van der Waals surface area contributed by atoms with Gasteiger partial charge in [0.15, 0.2) is 5.82 Å². The van der Waals surface area contributed by atoms with Crippen LogP contribution in [-0.2, 0) is 9.47 Å². The van der Waals surface area contributed by atoms with E-state index in [2.05, 4.69) is 37.3 Å². The molecule has 5 heterocycles. The second kappa shape index (κ2) is 10.2. The summed E-state index contributed by atoms with van der Waals surface area (Å²) in [5.74, 6) is 1.92. The fourth-order valence-corrected chi connectivity index (χ4v) is 4.91. The number of carbonyl (C=O) groups is 1. The molecule has 2 N–H and O–H groups in total. The fourth-order valence-electron chi connectivity index (χ4n) is 4.91. The molecule has 2 aromatic heterocycles. The van der Waals surface area contributed by atoms with Crippen LogP contribution < -0.4 is 20.4 Å². The van der Waals surface area contributed by atoms with Crippen LogP contribution in [0.3, 0.4) is 0 Å². The van der Waals surface area contributed by atoms with Gasteiger partial charge in [-0.05, 0) is 44.0 Å². The van der Waals surface area contributed by atoms with Crippen LogP contribution in [0.15, 0.2) is 43.0 Å². The molecule has 3 fully saturated rings. The second-order valence-electron chi connectivity index (χ2n) is 9.52. The first-order valence-corrected chi connectivity index (χ1v) is 12.5. The molecular weight excluding hydrogens is 474 g/mol. The standard InChI is InChI=1S/C25H29N9O3/c1-16-14-36-9-8-34(16)24-31-22(30-23(32-24)33-12-20-6-7-21(13-33)37-20)17-2-4-18(5-3-17)28-25(35)29-19-10-26-15-27-11-19/h2-5,10-11,15-16,20-21H,6-9,12-14H2,1H3,(H2,28,29,35)/t16-,20?,21?/m0/s1. The molecule has 0 spiro atoms. The number of anilines is 4. The molecule has 3 atom stereocenters. The third-order valence-corrected chi connectivity index (χ3v) is 6.78. The molecule has 1 aromatic carbocycles. The first kappa shape index (κ1) is 23.5. The predicted molar refractivity (Wildman–Crippen MR) is 138 cm³/mol. The third-order valence-electron chi connectivity index (χ3n) is 6.78. The minimum atomic E-state index is -0.379. The molecule has 0 radical (unpaired) electrons. The van der Waals surface area contributed by atoms with Gasteiger partial charge in [-0.25, -0.2) is 14.8 Å². The van der Waals surface area contributed by atoms with Crippen LogP contribution in [0.25, 0.3) is 11.4 Å². The van der Waals surface area contributed by atoms with E-state index >= 15 is 0 Å². The quantitative estimate of drug-likeness (QED) is 0.536. The van der Waals surface area contributed by atoms with Gasteiger partial charge in [0.2, 0.25) is 11.9 Å². The van der Waals surface area contributed by atoms with Gasteiger partial charge in [0.05, 0.1) is 49.5 Å². The van der Waals surface area contributed by atoms with Crippen molar-refractivity contribution in [2.45, 2.75) is 38.0 Å². The number of nitrogens with one attached hydrogen (secondary N) is 2. The Kier molecular flexibility index (Phi) is 6.49. The SMILES string of the molecule is C[C@H]1COCCN1c1nc(-c2ccc(NC(=O)Nc3cncnc3)cc2)nc(N2CC3CCC(C2)O3)n1. The molecule has 6 rings (SSSR count). The molecule has 3 aromatic rings. The average molecular weight is 504 g/mol. The molecule has 2 unspecified atom stereocenters. The molecule has 3 saturated heterocycles. The van der Waals surface area contributed by atoms with E-state index in [-0.39, 0.29) is 24.3 Å². The summed E-state index contributed by atoms with van der Waals surface area (Å²) >= 11 is 0. The van der Waals surface area contributed by atoms with Gasteiger partial charge < -0.3 is 29.9 Å². The summed E-state index contributed by atoms with van der Waals surface area (Å²) in [6.07, 6.45) is 7.06. The van der Waals surface area contributed by atoms with Crippen molar-refractivity contribution in [1.82, 2.24) is 24.9 Å². The Morgan fingerprint density at radius 2 is 1.65 bits per heavy atom. The molecule has 2 bridgehead atoms. The lowest BCUT2D eigenvalue weighted by molar-refractivity contribution is 0.0299. The van der Waals surface area contributed by atoms with Crippen LogP contribution >= 0.6 is 0 Å². The van der Waals surface area contributed by atoms with E-state index in [4.69, 9.17) is 24.4 Å². The Bertz CT molecular complexity index is 1230. The highest BCUT2D eigenvalue weighted by Crippen LogP contribution is 2.30. The van der Waals surface area contributed by atoms with Gasteiger partial charge >= 0.3 is 6.03 Å². The van der Waals surface area contributed by atoms with E-state index in [1.807, 2.05) is 24.3 Å². The number of hydrogen-bond donors (Lipinski definition) is 2. The Morgan fingerprint density at radius 3 is 2.38 bits per heavy atom. The summed E-state index contributed by atoms with van der Waals surface area (Å²) in [4.78, 5) is 39.1. The van der Waals surface area contributed by atoms with E-state index in [0.29, 0.717) is 42.3 Å². The van der Waals surface area contributed by atoms with Crippen molar-refractivity contribution in [3.8, 4) is 11.4 Å². The molecular formula is C25H29N9O3. The Labute approximate surface area is 214 Å². The molecule has 0 saturated carbocycles. The fraction of sp³-hybridized carbons (Fsp3) is 0.440. The van der Waals surface area contributed by atoms with Crippen molar-refractivity contribution in [2.24, 2.45) is 0 Å². The van der Waals surface area contributed by atoms with Crippen molar-refractivity contribution in [1.29, 1.82) is 0 Å². The van der Waals surface area contributed by atoms with Gasteiger partial charge in [-0.1, -0.05) is 0 Å². The summed E-state index contributed by atoms with van der Waals surface area (Å²) in [6.45, 7) is 5.67. The van der Waals surface area contributed by atoms with Crippen molar-refractivity contribution >= 4 is 29.3 Å². The lowest BCUT2D eigenvalue weighted by Crippen LogP contribution is -2.46. The second-order valence-corrected chi connectivity index (χ2v) is 9.52. The van der Waals surface area contributed by atoms with Gasteiger partial charge in [-0.3, -0.25) is 0 Å². The Hall–Kier alpha value is -3.90. The van der Waals surface area contributed by atoms with Crippen LogP contribution in [0.1, 0.15) is 19.8 Å². The average Bonchev–Trinajstić information content (AvgIpc) is 3.26. The molecule has 0 aliphatic carbocycles. The van der Waals surface area contributed by atoms with Crippen molar-refractivity contribution < 1.29 is 14.3 Å². The minimum Gasteiger partial charge on any atom is -0.377 e. The summed E-state index contributed by atoms with van der Waals surface area (Å²) in [6, 6.07) is 7.23. The first-order chi connectivity index (χ1) is 18.1. The molecule has 37 heavy (non-hydrogen) atoms. The summed E-state index contributed by atoms with van der Waals surface area (Å²) in [5.41, 5.74) is 1.99. The maximum Gasteiger partial charge on any atom is 0.323 e. The monoisotopic (exact) mass is 503 g/mol. The zero-order chi connectivity index (χ0) is 25.2. The van der Waals surface area contributed by atoms with E-state index < -0.39 is 0 Å². The number of rotatable bonds is 5. The minimum absolute atomic E-state index is 0.165. The number of aromatic nitrogens is 5. The zero-order valence-corrected chi connectivity index (χ0v) is 20.6.